The fourth-order valence-electron chi connectivity index (χ4n) is 3.36. The number of anilines is 1. The molecule has 1 fully saturated rings. The third-order valence-electron chi connectivity index (χ3n) is 4.79. The van der Waals surface area contributed by atoms with E-state index in [0.29, 0.717) is 18.5 Å². The molecule has 27 heavy (non-hydrogen) atoms. The summed E-state index contributed by atoms with van der Waals surface area (Å²) in [5.74, 6) is 0.0446. The van der Waals surface area contributed by atoms with E-state index in [1.807, 2.05) is 30.3 Å². The molecule has 3 rings (SSSR count). The quantitative estimate of drug-likeness (QED) is 0.732. The van der Waals surface area contributed by atoms with Crippen LogP contribution >= 0.6 is 0 Å². The van der Waals surface area contributed by atoms with Crippen molar-refractivity contribution in [2.75, 3.05) is 31.6 Å². The lowest BCUT2D eigenvalue weighted by Crippen LogP contribution is -2.28. The van der Waals surface area contributed by atoms with Gasteiger partial charge in [0.05, 0.1) is 0 Å². The molecule has 5 heteroatoms. The van der Waals surface area contributed by atoms with Gasteiger partial charge < -0.3 is 15.1 Å². The smallest absolute Gasteiger partial charge is 0.251 e. The maximum absolute atomic E-state index is 12.4. The minimum absolute atomic E-state index is 0.0887. The number of amides is 2. The van der Waals surface area contributed by atoms with Crippen LogP contribution in [0, 0.1) is 0 Å². The van der Waals surface area contributed by atoms with Gasteiger partial charge in [-0.15, -0.1) is 0 Å². The Morgan fingerprint density at radius 3 is 2.70 bits per heavy atom. The van der Waals surface area contributed by atoms with E-state index in [9.17, 15) is 9.59 Å². The van der Waals surface area contributed by atoms with Crippen molar-refractivity contribution >= 4 is 17.5 Å². The Labute approximate surface area is 161 Å². The maximum Gasteiger partial charge on any atom is 0.251 e. The van der Waals surface area contributed by atoms with Crippen LogP contribution in [0.15, 0.2) is 54.6 Å². The van der Waals surface area contributed by atoms with Crippen molar-refractivity contribution in [2.45, 2.75) is 25.8 Å². The van der Waals surface area contributed by atoms with E-state index in [2.05, 4.69) is 29.4 Å². The SMILES string of the molecule is CN(CCCNC(=O)c1cccc(N2CCCC2=O)c1)Cc1ccccc1. The highest BCUT2D eigenvalue weighted by Crippen LogP contribution is 2.22. The van der Waals surface area contributed by atoms with Gasteiger partial charge >= 0.3 is 0 Å². The first kappa shape index (κ1) is 19.1. The minimum Gasteiger partial charge on any atom is -0.352 e. The van der Waals surface area contributed by atoms with Crippen LogP contribution in [0.25, 0.3) is 0 Å². The molecule has 1 N–H and O–H groups in total. The van der Waals surface area contributed by atoms with Gasteiger partial charge in [-0.25, -0.2) is 0 Å². The van der Waals surface area contributed by atoms with Crippen LogP contribution in [0.4, 0.5) is 5.69 Å². The first-order chi connectivity index (χ1) is 13.1. The molecular weight excluding hydrogens is 338 g/mol. The highest BCUT2D eigenvalue weighted by atomic mass is 16.2. The van der Waals surface area contributed by atoms with Crippen molar-refractivity contribution in [1.82, 2.24) is 10.2 Å². The average molecular weight is 365 g/mol. The number of benzene rings is 2. The molecule has 142 valence electrons. The number of hydrogen-bond acceptors (Lipinski definition) is 3. The lowest BCUT2D eigenvalue weighted by atomic mass is 10.1. The van der Waals surface area contributed by atoms with E-state index in [1.54, 1.807) is 17.0 Å². The summed E-state index contributed by atoms with van der Waals surface area (Å²) in [6, 6.07) is 17.7. The summed E-state index contributed by atoms with van der Waals surface area (Å²) in [7, 11) is 2.09. The summed E-state index contributed by atoms with van der Waals surface area (Å²) in [5.41, 5.74) is 2.70. The van der Waals surface area contributed by atoms with Crippen LogP contribution in [0.3, 0.4) is 0 Å². The lowest BCUT2D eigenvalue weighted by molar-refractivity contribution is -0.117. The van der Waals surface area contributed by atoms with Crippen molar-refractivity contribution in [2.24, 2.45) is 0 Å². The summed E-state index contributed by atoms with van der Waals surface area (Å²) < 4.78 is 0. The number of rotatable bonds is 8. The van der Waals surface area contributed by atoms with Gasteiger partial charge in [0, 0.05) is 37.3 Å². The van der Waals surface area contributed by atoms with Crippen molar-refractivity contribution in [1.29, 1.82) is 0 Å². The van der Waals surface area contributed by atoms with E-state index in [4.69, 9.17) is 0 Å². The molecule has 0 unspecified atom stereocenters. The molecular formula is C22H27N3O2. The second-order valence-corrected chi connectivity index (χ2v) is 7.03. The van der Waals surface area contributed by atoms with E-state index in [-0.39, 0.29) is 11.8 Å². The number of nitrogens with one attached hydrogen (secondary N) is 1. The molecule has 0 atom stereocenters. The lowest BCUT2D eigenvalue weighted by Gasteiger charge is -2.17. The molecule has 0 radical (unpaired) electrons. The van der Waals surface area contributed by atoms with Gasteiger partial charge in [0.25, 0.3) is 5.91 Å². The Hall–Kier alpha value is -2.66. The third-order valence-corrected chi connectivity index (χ3v) is 4.79. The Kier molecular flexibility index (Phi) is 6.60. The second kappa shape index (κ2) is 9.33. The van der Waals surface area contributed by atoms with Crippen LogP contribution in [0.1, 0.15) is 35.2 Å². The number of hydrogen-bond donors (Lipinski definition) is 1. The van der Waals surface area contributed by atoms with Crippen LogP contribution in [-0.2, 0) is 11.3 Å². The van der Waals surface area contributed by atoms with Crippen molar-refractivity contribution in [3.8, 4) is 0 Å². The van der Waals surface area contributed by atoms with Crippen LogP contribution in [0.5, 0.6) is 0 Å². The van der Waals surface area contributed by atoms with Gasteiger partial charge in [-0.05, 0) is 50.2 Å². The zero-order valence-corrected chi connectivity index (χ0v) is 15.9. The molecule has 0 saturated carbocycles. The monoisotopic (exact) mass is 365 g/mol. The standard InChI is InChI=1S/C22H27N3O2/c1-24(17-18-8-3-2-4-9-18)14-7-13-23-22(27)19-10-5-11-20(16-19)25-15-6-12-21(25)26/h2-5,8-11,16H,6-7,12-15,17H2,1H3,(H,23,27). The molecule has 0 aliphatic carbocycles. The number of carbonyl (C=O) groups is 2. The van der Waals surface area contributed by atoms with Gasteiger partial charge in [0.15, 0.2) is 0 Å². The number of carbonyl (C=O) groups excluding carboxylic acids is 2. The van der Waals surface area contributed by atoms with E-state index >= 15 is 0 Å². The largest absolute Gasteiger partial charge is 0.352 e. The molecule has 0 aromatic heterocycles. The molecule has 0 spiro atoms. The molecule has 1 heterocycles. The molecule has 2 amide bonds. The summed E-state index contributed by atoms with van der Waals surface area (Å²) in [4.78, 5) is 28.3. The van der Waals surface area contributed by atoms with Crippen molar-refractivity contribution in [3.63, 3.8) is 0 Å². The molecule has 5 nitrogen and oxygen atoms in total. The summed E-state index contributed by atoms with van der Waals surface area (Å²) in [6.07, 6.45) is 2.36. The van der Waals surface area contributed by atoms with Gasteiger partial charge in [-0.2, -0.15) is 0 Å². The van der Waals surface area contributed by atoms with E-state index < -0.39 is 0 Å². The van der Waals surface area contributed by atoms with Gasteiger partial charge in [-0.3, -0.25) is 9.59 Å². The molecule has 2 aromatic carbocycles. The maximum atomic E-state index is 12.4. The molecule has 1 aliphatic rings. The zero-order chi connectivity index (χ0) is 19.1. The highest BCUT2D eigenvalue weighted by Gasteiger charge is 2.22. The fourth-order valence-corrected chi connectivity index (χ4v) is 3.36. The third kappa shape index (κ3) is 5.41. The predicted molar refractivity (Wildman–Crippen MR) is 108 cm³/mol. The van der Waals surface area contributed by atoms with Crippen molar-refractivity contribution < 1.29 is 9.59 Å². The number of nitrogens with zero attached hydrogens (tertiary/aromatic N) is 2. The molecule has 1 saturated heterocycles. The Bertz CT molecular complexity index is 776. The minimum atomic E-state index is -0.0887. The highest BCUT2D eigenvalue weighted by molar-refractivity contribution is 5.99. The van der Waals surface area contributed by atoms with E-state index in [0.717, 1.165) is 38.2 Å². The zero-order valence-electron chi connectivity index (χ0n) is 15.9. The van der Waals surface area contributed by atoms with Gasteiger partial charge in [-0.1, -0.05) is 36.4 Å². The first-order valence-electron chi connectivity index (χ1n) is 9.54. The Morgan fingerprint density at radius 1 is 1.15 bits per heavy atom. The molecule has 2 aromatic rings. The summed E-state index contributed by atoms with van der Waals surface area (Å²) >= 11 is 0. The van der Waals surface area contributed by atoms with Crippen LogP contribution < -0.4 is 10.2 Å². The summed E-state index contributed by atoms with van der Waals surface area (Å²) in [6.45, 7) is 3.18. The normalized spacial score (nSPS) is 14.0. The van der Waals surface area contributed by atoms with E-state index in [1.165, 1.54) is 5.56 Å². The summed E-state index contributed by atoms with van der Waals surface area (Å²) in [5, 5.41) is 2.98. The van der Waals surface area contributed by atoms with Gasteiger partial charge in [0.2, 0.25) is 5.91 Å². The average Bonchev–Trinajstić information content (AvgIpc) is 3.12. The Morgan fingerprint density at radius 2 is 1.96 bits per heavy atom. The molecule has 1 aliphatic heterocycles. The Balaban J connectivity index is 1.43. The van der Waals surface area contributed by atoms with Gasteiger partial charge in [0.1, 0.15) is 0 Å². The van der Waals surface area contributed by atoms with Crippen LogP contribution in [0.2, 0.25) is 0 Å². The molecule has 0 bridgehead atoms. The fraction of sp³-hybridized carbons (Fsp3) is 0.364. The van der Waals surface area contributed by atoms with Crippen molar-refractivity contribution in [3.05, 3.63) is 65.7 Å². The first-order valence-corrected chi connectivity index (χ1v) is 9.54. The van der Waals surface area contributed by atoms with Crippen LogP contribution in [-0.4, -0.2) is 43.4 Å². The predicted octanol–water partition coefficient (Wildman–Crippen LogP) is 3.07. The second-order valence-electron chi connectivity index (χ2n) is 7.03. The topological polar surface area (TPSA) is 52.7 Å².